The van der Waals surface area contributed by atoms with Gasteiger partial charge in [0, 0.05) is 5.56 Å². The van der Waals surface area contributed by atoms with E-state index in [2.05, 4.69) is 29.1 Å². The summed E-state index contributed by atoms with van der Waals surface area (Å²) < 4.78 is 4.79. The predicted octanol–water partition coefficient (Wildman–Crippen LogP) is 5.61. The number of hydrogen-bond acceptors (Lipinski definition) is 5. The normalized spacial score (nSPS) is 11.5. The molecular formula is C19H25NO4S. The zero-order valence-electron chi connectivity index (χ0n) is 13.9. The number of amides is 1. The van der Waals surface area contributed by atoms with Crippen LogP contribution in [0.4, 0.5) is 5.69 Å². The lowest BCUT2D eigenvalue weighted by molar-refractivity contribution is -0.447. The minimum atomic E-state index is -0.175. The molecule has 0 saturated carbocycles. The van der Waals surface area contributed by atoms with Crippen LogP contribution in [0.5, 0.6) is 0 Å². The van der Waals surface area contributed by atoms with Crippen molar-refractivity contribution in [1.29, 1.82) is 0 Å². The quantitative estimate of drug-likeness (QED) is 0.286. The molecule has 1 atom stereocenters. The lowest BCUT2D eigenvalue weighted by atomic mass is 9.97. The molecule has 5 nitrogen and oxygen atoms in total. The number of benzene rings is 2. The summed E-state index contributed by atoms with van der Waals surface area (Å²) in [6, 6.07) is 15.0. The third kappa shape index (κ3) is 6.17. The van der Waals surface area contributed by atoms with Gasteiger partial charge in [-0.05, 0) is 42.2 Å². The van der Waals surface area contributed by atoms with Gasteiger partial charge in [0.05, 0.1) is 29.7 Å². The van der Waals surface area contributed by atoms with Crippen molar-refractivity contribution in [3.8, 4) is 0 Å². The highest BCUT2D eigenvalue weighted by Crippen LogP contribution is 2.28. The number of para-hydroxylation sites is 1. The molecule has 0 aromatic heterocycles. The first-order valence-electron chi connectivity index (χ1n) is 7.70. The lowest BCUT2D eigenvalue weighted by Crippen LogP contribution is -2.12. The Bertz CT molecular complexity index is 661. The molecule has 0 radical (unpaired) electrons. The molecule has 0 bridgehead atoms. The SMILES string of the molecule is C.CCC(C)c1ccc(C(=O)Nc2ccccc2SOOOC)cc1. The number of hydrogen-bond donors (Lipinski definition) is 1. The predicted molar refractivity (Wildman–Crippen MR) is 101 cm³/mol. The van der Waals surface area contributed by atoms with Crippen molar-refractivity contribution in [2.45, 2.75) is 38.5 Å². The zero-order chi connectivity index (χ0) is 17.4. The Morgan fingerprint density at radius 2 is 1.84 bits per heavy atom. The summed E-state index contributed by atoms with van der Waals surface area (Å²) in [6.07, 6.45) is 1.07. The van der Waals surface area contributed by atoms with E-state index >= 15 is 0 Å². The molecule has 0 heterocycles. The summed E-state index contributed by atoms with van der Waals surface area (Å²) in [5, 5.41) is 7.26. The van der Waals surface area contributed by atoms with E-state index in [0.717, 1.165) is 18.5 Å². The van der Waals surface area contributed by atoms with E-state index in [0.29, 0.717) is 22.1 Å². The van der Waals surface area contributed by atoms with Gasteiger partial charge in [0.2, 0.25) is 0 Å². The van der Waals surface area contributed by atoms with Crippen LogP contribution in [0.25, 0.3) is 0 Å². The number of carbonyl (C=O) groups excluding carboxylic acids is 1. The molecule has 1 amide bonds. The molecule has 1 N–H and O–H groups in total. The van der Waals surface area contributed by atoms with Crippen molar-refractivity contribution in [2.24, 2.45) is 0 Å². The minimum absolute atomic E-state index is 0. The minimum Gasteiger partial charge on any atom is -0.321 e. The van der Waals surface area contributed by atoms with Gasteiger partial charge in [0.1, 0.15) is 0 Å². The molecule has 0 aliphatic carbocycles. The van der Waals surface area contributed by atoms with Crippen LogP contribution >= 0.6 is 12.0 Å². The maximum Gasteiger partial charge on any atom is 0.255 e. The molecule has 0 saturated heterocycles. The maximum atomic E-state index is 12.4. The van der Waals surface area contributed by atoms with Gasteiger partial charge < -0.3 is 5.32 Å². The molecule has 0 aliphatic heterocycles. The summed E-state index contributed by atoms with van der Waals surface area (Å²) >= 11 is 0.956. The Hall–Kier alpha value is -1.86. The Morgan fingerprint density at radius 3 is 2.48 bits per heavy atom. The molecule has 0 aliphatic rings. The number of carbonyl (C=O) groups is 1. The highest BCUT2D eigenvalue weighted by atomic mass is 32.2. The maximum absolute atomic E-state index is 12.4. The third-order valence-electron chi connectivity index (χ3n) is 3.71. The molecule has 2 aromatic carbocycles. The zero-order valence-corrected chi connectivity index (χ0v) is 14.8. The summed E-state index contributed by atoms with van der Waals surface area (Å²) in [5.74, 6) is 0.309. The smallest absolute Gasteiger partial charge is 0.255 e. The lowest BCUT2D eigenvalue weighted by Gasteiger charge is -2.11. The Kier molecular flexibility index (Phi) is 9.23. The molecule has 2 rings (SSSR count). The van der Waals surface area contributed by atoms with Crippen LogP contribution in [0, 0.1) is 0 Å². The van der Waals surface area contributed by atoms with Crippen LogP contribution in [0.3, 0.4) is 0 Å². The molecule has 0 spiro atoms. The first-order chi connectivity index (χ1) is 11.7. The fourth-order valence-corrected chi connectivity index (χ4v) is 2.61. The number of anilines is 1. The van der Waals surface area contributed by atoms with Gasteiger partial charge in [-0.1, -0.05) is 50.6 Å². The molecule has 1 unspecified atom stereocenters. The fourth-order valence-electron chi connectivity index (χ4n) is 2.11. The monoisotopic (exact) mass is 363 g/mol. The van der Waals surface area contributed by atoms with Gasteiger partial charge >= 0.3 is 0 Å². The standard InChI is InChI=1S/C18H21NO4S.CH4/c1-4-13(2)14-9-11-15(12-10-14)18(20)19-16-7-5-6-8-17(16)24-23-22-21-3;/h5-13H,4H2,1-3H3,(H,19,20);1H4. The molecular weight excluding hydrogens is 338 g/mol. The summed E-state index contributed by atoms with van der Waals surface area (Å²) in [6.45, 7) is 4.32. The second-order valence-electron chi connectivity index (χ2n) is 5.27. The highest BCUT2D eigenvalue weighted by Gasteiger charge is 2.11. The van der Waals surface area contributed by atoms with Crippen LogP contribution in [-0.4, -0.2) is 13.0 Å². The summed E-state index contributed by atoms with van der Waals surface area (Å²) in [7, 11) is 1.34. The summed E-state index contributed by atoms with van der Waals surface area (Å²) in [4.78, 5) is 17.5. The summed E-state index contributed by atoms with van der Waals surface area (Å²) in [5.41, 5.74) is 2.48. The average molecular weight is 363 g/mol. The van der Waals surface area contributed by atoms with Gasteiger partial charge in [-0.25, -0.2) is 4.89 Å². The van der Waals surface area contributed by atoms with Crippen LogP contribution in [0.2, 0.25) is 0 Å². The molecule has 25 heavy (non-hydrogen) atoms. The van der Waals surface area contributed by atoms with Crippen molar-refractivity contribution in [2.75, 3.05) is 12.4 Å². The highest BCUT2D eigenvalue weighted by molar-refractivity contribution is 7.94. The van der Waals surface area contributed by atoms with E-state index in [4.69, 9.17) is 4.33 Å². The molecule has 136 valence electrons. The van der Waals surface area contributed by atoms with Crippen molar-refractivity contribution in [3.63, 3.8) is 0 Å². The Morgan fingerprint density at radius 1 is 1.16 bits per heavy atom. The fraction of sp³-hybridized carbons (Fsp3) is 0.316. The van der Waals surface area contributed by atoms with Crippen molar-refractivity contribution in [1.82, 2.24) is 0 Å². The van der Waals surface area contributed by atoms with E-state index in [1.807, 2.05) is 42.5 Å². The van der Waals surface area contributed by atoms with E-state index in [-0.39, 0.29) is 13.3 Å². The first-order valence-corrected chi connectivity index (χ1v) is 8.44. The van der Waals surface area contributed by atoms with Crippen molar-refractivity contribution >= 4 is 23.6 Å². The molecule has 6 heteroatoms. The van der Waals surface area contributed by atoms with Gasteiger partial charge in [0.25, 0.3) is 5.91 Å². The number of nitrogens with one attached hydrogen (secondary N) is 1. The van der Waals surface area contributed by atoms with E-state index in [9.17, 15) is 4.79 Å². The Labute approximate surface area is 153 Å². The topological polar surface area (TPSA) is 56.8 Å². The number of rotatable bonds is 8. The van der Waals surface area contributed by atoms with E-state index in [1.165, 1.54) is 12.7 Å². The Balaban J connectivity index is 0.00000312. The third-order valence-corrected chi connectivity index (χ3v) is 4.37. The van der Waals surface area contributed by atoms with E-state index < -0.39 is 0 Å². The van der Waals surface area contributed by atoms with Gasteiger partial charge in [-0.3, -0.25) is 4.79 Å². The van der Waals surface area contributed by atoms with Crippen molar-refractivity contribution < 1.29 is 19.1 Å². The second kappa shape index (κ2) is 10.9. The van der Waals surface area contributed by atoms with Crippen molar-refractivity contribution in [3.05, 3.63) is 59.7 Å². The van der Waals surface area contributed by atoms with Gasteiger partial charge in [-0.15, -0.1) is 4.33 Å². The van der Waals surface area contributed by atoms with Crippen LogP contribution < -0.4 is 5.32 Å². The van der Waals surface area contributed by atoms with E-state index in [1.54, 1.807) is 6.07 Å². The van der Waals surface area contributed by atoms with Gasteiger partial charge in [-0.2, -0.15) is 0 Å². The molecule has 2 aromatic rings. The average Bonchev–Trinajstić information content (AvgIpc) is 2.62. The van der Waals surface area contributed by atoms with Gasteiger partial charge in [0.15, 0.2) is 0 Å². The van der Waals surface area contributed by atoms with Crippen LogP contribution in [0.1, 0.15) is 49.5 Å². The van der Waals surface area contributed by atoms with Crippen LogP contribution in [0.15, 0.2) is 53.4 Å². The largest absolute Gasteiger partial charge is 0.321 e. The first kappa shape index (κ1) is 21.2. The van der Waals surface area contributed by atoms with Crippen LogP contribution in [-0.2, 0) is 14.3 Å². The molecule has 0 fully saturated rings. The second-order valence-corrected chi connectivity index (χ2v) is 6.01.